The summed E-state index contributed by atoms with van der Waals surface area (Å²) in [6, 6.07) is 0. The van der Waals surface area contributed by atoms with Gasteiger partial charge in [-0.25, -0.2) is 0 Å². The van der Waals surface area contributed by atoms with Gasteiger partial charge in [0, 0.05) is 0 Å². The van der Waals surface area contributed by atoms with Crippen molar-refractivity contribution in [3.05, 3.63) is 0 Å². The molecule has 0 bridgehead atoms. The van der Waals surface area contributed by atoms with Crippen LogP contribution in [0.5, 0.6) is 0 Å². The molecule has 0 amide bonds. The first-order valence-corrected chi connectivity index (χ1v) is 11.4. The van der Waals surface area contributed by atoms with Gasteiger partial charge >= 0.3 is 104 Å². The van der Waals surface area contributed by atoms with Crippen LogP contribution in [0.2, 0.25) is 9.41 Å². The summed E-state index contributed by atoms with van der Waals surface area (Å²) in [4.78, 5) is 1.62. The fourth-order valence-corrected chi connectivity index (χ4v) is 18.0. The van der Waals surface area contributed by atoms with E-state index < -0.39 is 14.7 Å². The molecule has 0 saturated heterocycles. The number of hydrogen-bond acceptors (Lipinski definition) is 0. The molecular weight excluding hydrogens is 262 g/mol. The maximum absolute atomic E-state index is 2.45. The van der Waals surface area contributed by atoms with Crippen LogP contribution in [0.1, 0.15) is 55.4 Å². The van der Waals surface area contributed by atoms with E-state index >= 15 is 0 Å². The third-order valence-corrected chi connectivity index (χ3v) is 16.0. The molecule has 0 nitrogen and oxygen atoms in total. The standard InChI is InChI=1S/C13H30AsP/c1-10(2)14(11(3)4)9-15(12(5)6)13(7)8/h10-13H,9H2,1-8H3. The van der Waals surface area contributed by atoms with Crippen LogP contribution >= 0.6 is 7.92 Å². The second-order valence-corrected chi connectivity index (χ2v) is 17.2. The SMILES string of the molecule is CC(C)P(C[As](C(C)C)C(C)C)C(C)C. The predicted molar refractivity (Wildman–Crippen MR) is 78.0 cm³/mol. The second kappa shape index (κ2) is 7.34. The van der Waals surface area contributed by atoms with Crippen LogP contribution in [0.4, 0.5) is 0 Å². The quantitative estimate of drug-likeness (QED) is 0.470. The average Bonchev–Trinajstić information content (AvgIpc) is 2.01. The van der Waals surface area contributed by atoms with E-state index in [9.17, 15) is 0 Å². The van der Waals surface area contributed by atoms with Crippen LogP contribution in [-0.4, -0.2) is 30.9 Å². The third kappa shape index (κ3) is 5.74. The first-order chi connectivity index (χ1) is 6.77. The summed E-state index contributed by atoms with van der Waals surface area (Å²) in [7, 11) is 0.282. The zero-order valence-electron chi connectivity index (χ0n) is 11.9. The summed E-state index contributed by atoms with van der Waals surface area (Å²) < 4.78 is 1.97. The molecule has 0 spiro atoms. The molecule has 2 heteroatoms. The molecule has 0 aliphatic heterocycles. The van der Waals surface area contributed by atoms with Crippen LogP contribution in [0, 0.1) is 0 Å². The predicted octanol–water partition coefficient (Wildman–Crippen LogP) is 5.14. The molecule has 92 valence electrons. The summed E-state index contributed by atoms with van der Waals surface area (Å²) in [5.41, 5.74) is 1.85. The summed E-state index contributed by atoms with van der Waals surface area (Å²) in [5.74, 6) is 0. The Bertz CT molecular complexity index is 130. The molecule has 0 N–H and O–H groups in total. The zero-order chi connectivity index (χ0) is 12.2. The molecule has 0 rings (SSSR count). The van der Waals surface area contributed by atoms with Gasteiger partial charge in [-0.2, -0.15) is 0 Å². The van der Waals surface area contributed by atoms with Gasteiger partial charge in [0.25, 0.3) is 0 Å². The monoisotopic (exact) mass is 292 g/mol. The Kier molecular flexibility index (Phi) is 7.82. The Hall–Kier alpha value is 0.988. The van der Waals surface area contributed by atoms with Crippen LogP contribution in [0.3, 0.4) is 0 Å². The van der Waals surface area contributed by atoms with Crippen LogP contribution in [0.15, 0.2) is 0 Å². The molecule has 15 heavy (non-hydrogen) atoms. The molecule has 0 aromatic carbocycles. The van der Waals surface area contributed by atoms with E-state index in [-0.39, 0.29) is 7.92 Å². The zero-order valence-corrected chi connectivity index (χ0v) is 14.7. The van der Waals surface area contributed by atoms with Crippen molar-refractivity contribution in [2.24, 2.45) is 0 Å². The van der Waals surface area contributed by atoms with Gasteiger partial charge in [0.15, 0.2) is 0 Å². The van der Waals surface area contributed by atoms with Crippen molar-refractivity contribution in [2.45, 2.75) is 76.1 Å². The third-order valence-electron chi connectivity index (χ3n) is 2.98. The van der Waals surface area contributed by atoms with Crippen molar-refractivity contribution in [1.82, 2.24) is 0 Å². The minimum absolute atomic E-state index is 0.282. The van der Waals surface area contributed by atoms with Crippen LogP contribution in [-0.2, 0) is 0 Å². The van der Waals surface area contributed by atoms with E-state index in [1.807, 2.05) is 0 Å². The number of hydrogen-bond donors (Lipinski definition) is 0. The molecule has 0 radical (unpaired) electrons. The Labute approximate surface area is 104 Å². The second-order valence-electron chi connectivity index (χ2n) is 5.54. The van der Waals surface area contributed by atoms with Gasteiger partial charge in [-0.05, 0) is 0 Å². The first-order valence-electron chi connectivity index (χ1n) is 6.28. The molecule has 0 fully saturated rings. The van der Waals surface area contributed by atoms with Crippen molar-refractivity contribution in [2.75, 3.05) is 4.95 Å². The summed E-state index contributed by atoms with van der Waals surface area (Å²) >= 11 is -0.594. The van der Waals surface area contributed by atoms with Crippen molar-refractivity contribution in [1.29, 1.82) is 0 Å². The summed E-state index contributed by atoms with van der Waals surface area (Å²) in [6.07, 6.45) is 0. The van der Waals surface area contributed by atoms with Crippen molar-refractivity contribution < 1.29 is 0 Å². The van der Waals surface area contributed by atoms with Crippen molar-refractivity contribution in [3.63, 3.8) is 0 Å². The molecule has 0 heterocycles. The molecular formula is C13H30AsP. The molecule has 0 aromatic heterocycles. The maximum atomic E-state index is 2.45. The van der Waals surface area contributed by atoms with E-state index in [1.165, 1.54) is 0 Å². The first kappa shape index (κ1) is 16.0. The van der Waals surface area contributed by atoms with Crippen molar-refractivity contribution >= 4 is 22.6 Å². The van der Waals surface area contributed by atoms with E-state index in [0.717, 1.165) is 20.7 Å². The van der Waals surface area contributed by atoms with Gasteiger partial charge in [0.1, 0.15) is 0 Å². The fraction of sp³-hybridized carbons (Fsp3) is 1.00. The van der Waals surface area contributed by atoms with Gasteiger partial charge in [-0.3, -0.25) is 0 Å². The fourth-order valence-electron chi connectivity index (χ4n) is 2.03. The summed E-state index contributed by atoms with van der Waals surface area (Å²) in [5, 5.41) is 0. The van der Waals surface area contributed by atoms with Gasteiger partial charge < -0.3 is 0 Å². The molecule has 0 saturated carbocycles. The normalized spacial score (nSPS) is 13.2. The van der Waals surface area contributed by atoms with E-state index in [1.54, 1.807) is 4.95 Å². The summed E-state index contributed by atoms with van der Waals surface area (Å²) in [6.45, 7) is 19.5. The van der Waals surface area contributed by atoms with Gasteiger partial charge in [-0.15, -0.1) is 0 Å². The van der Waals surface area contributed by atoms with Crippen LogP contribution in [0.25, 0.3) is 0 Å². The van der Waals surface area contributed by atoms with E-state index in [4.69, 9.17) is 0 Å². The van der Waals surface area contributed by atoms with Gasteiger partial charge in [-0.1, -0.05) is 0 Å². The Morgan fingerprint density at radius 1 is 0.733 bits per heavy atom. The van der Waals surface area contributed by atoms with E-state index in [0.29, 0.717) is 0 Å². The molecule has 0 unspecified atom stereocenters. The van der Waals surface area contributed by atoms with Gasteiger partial charge in [0.2, 0.25) is 0 Å². The van der Waals surface area contributed by atoms with Gasteiger partial charge in [0.05, 0.1) is 0 Å². The van der Waals surface area contributed by atoms with E-state index in [2.05, 4.69) is 55.4 Å². The van der Waals surface area contributed by atoms with Crippen molar-refractivity contribution in [3.8, 4) is 0 Å². The Morgan fingerprint density at radius 3 is 1.27 bits per heavy atom. The number of rotatable bonds is 6. The average molecular weight is 292 g/mol. The Morgan fingerprint density at radius 2 is 1.07 bits per heavy atom. The molecule has 0 aromatic rings. The minimum atomic E-state index is -0.594. The molecule has 0 atom stereocenters. The Balaban J connectivity index is 4.48. The topological polar surface area (TPSA) is 0 Å². The van der Waals surface area contributed by atoms with Crippen LogP contribution < -0.4 is 0 Å². The molecule has 0 aliphatic carbocycles. The molecule has 0 aliphatic rings.